The molecule has 36 heavy (non-hydrogen) atoms. The fourth-order valence-corrected chi connectivity index (χ4v) is 5.94. The lowest BCUT2D eigenvalue weighted by molar-refractivity contribution is -0.0488. The highest BCUT2D eigenvalue weighted by Gasteiger charge is 2.46. The zero-order chi connectivity index (χ0) is 25.9. The molecule has 1 N–H and O–H groups in total. The van der Waals surface area contributed by atoms with Crippen molar-refractivity contribution in [2.45, 2.75) is 75.3 Å². The van der Waals surface area contributed by atoms with Gasteiger partial charge in [-0.3, -0.25) is 4.90 Å². The van der Waals surface area contributed by atoms with E-state index in [4.69, 9.17) is 18.9 Å². The summed E-state index contributed by atoms with van der Waals surface area (Å²) in [5.41, 5.74) is 0.452. The van der Waals surface area contributed by atoms with E-state index in [2.05, 4.69) is 9.71 Å². The number of nitrogens with one attached hydrogen (secondary N) is 1. The minimum absolute atomic E-state index is 0.00648. The van der Waals surface area contributed by atoms with Gasteiger partial charge in [-0.15, -0.1) is 0 Å². The van der Waals surface area contributed by atoms with E-state index >= 15 is 0 Å². The van der Waals surface area contributed by atoms with Crippen LogP contribution in [0.2, 0.25) is 0 Å². The molecule has 1 saturated carbocycles. The smallest absolute Gasteiger partial charge is 0.412 e. The van der Waals surface area contributed by atoms with Crippen LogP contribution in [0.3, 0.4) is 0 Å². The van der Waals surface area contributed by atoms with Crippen molar-refractivity contribution in [2.24, 2.45) is 0 Å². The number of hydrogen-bond donors (Lipinski definition) is 1. The van der Waals surface area contributed by atoms with Crippen LogP contribution < -0.4 is 9.46 Å². The Hall–Kier alpha value is -2.09. The van der Waals surface area contributed by atoms with Crippen LogP contribution in [0, 0.1) is 0 Å². The van der Waals surface area contributed by atoms with Crippen LogP contribution >= 0.6 is 0 Å². The summed E-state index contributed by atoms with van der Waals surface area (Å²) >= 11 is 0. The molecule has 1 amide bonds. The topological polar surface area (TPSA) is 116 Å². The first kappa shape index (κ1) is 27.0. The molecule has 13 heteroatoms. The number of rotatable bonds is 4. The molecule has 3 aliphatic heterocycles. The van der Waals surface area contributed by atoms with Crippen molar-refractivity contribution in [3.05, 3.63) is 23.4 Å². The van der Waals surface area contributed by atoms with E-state index in [9.17, 15) is 22.0 Å². The normalized spacial score (nSPS) is 30.0. The highest BCUT2D eigenvalue weighted by atomic mass is 32.2. The molecule has 4 bridgehead atoms. The molecule has 1 aromatic rings. The molecule has 0 aromatic carbocycles. The Morgan fingerprint density at radius 3 is 2.56 bits per heavy atom. The molecule has 0 unspecified atom stereocenters. The standard InChI is InChI=1S/C23H33F2N3O7S/c1-32-21-12-18(27-36(2,30)31)19-13-35-16-6-4-14(5-7-16)17-10-15(22(24)25)11-20(26-17)33-8-3-9-34-23(29)28(19)21/h10-11,14,16,18-19,21-22,27H,3-9,12-13H2,1-2H3/t14?,16?,18-,19-,21+/m0/s1. The number of carbonyl (C=O) groups is 1. The van der Waals surface area contributed by atoms with Gasteiger partial charge in [0.2, 0.25) is 15.9 Å². The quantitative estimate of drug-likeness (QED) is 0.628. The Morgan fingerprint density at radius 1 is 1.17 bits per heavy atom. The second-order valence-corrected chi connectivity index (χ2v) is 11.3. The summed E-state index contributed by atoms with van der Waals surface area (Å²) in [5, 5.41) is 0. The maximum atomic E-state index is 13.5. The van der Waals surface area contributed by atoms with Gasteiger partial charge in [0.1, 0.15) is 6.23 Å². The number of aromatic nitrogens is 1. The third-order valence-electron chi connectivity index (χ3n) is 6.89. The van der Waals surface area contributed by atoms with Gasteiger partial charge in [-0.1, -0.05) is 0 Å². The van der Waals surface area contributed by atoms with E-state index in [-0.39, 0.29) is 49.7 Å². The van der Waals surface area contributed by atoms with Gasteiger partial charge in [0, 0.05) is 49.2 Å². The van der Waals surface area contributed by atoms with Crippen molar-refractivity contribution in [1.82, 2.24) is 14.6 Å². The first-order valence-electron chi connectivity index (χ1n) is 12.1. The highest BCUT2D eigenvalue weighted by Crippen LogP contribution is 2.36. The molecule has 1 aromatic heterocycles. The summed E-state index contributed by atoms with van der Waals surface area (Å²) in [6.45, 7) is 0.234. The number of amides is 1. The maximum absolute atomic E-state index is 13.5. The van der Waals surface area contributed by atoms with E-state index in [1.165, 1.54) is 24.1 Å². The van der Waals surface area contributed by atoms with Crippen LogP contribution in [0.4, 0.5) is 13.6 Å². The maximum Gasteiger partial charge on any atom is 0.412 e. The van der Waals surface area contributed by atoms with Crippen molar-refractivity contribution < 1.29 is 40.9 Å². The van der Waals surface area contributed by atoms with E-state index in [1.54, 1.807) is 0 Å². The molecule has 5 rings (SSSR count). The molecule has 2 fully saturated rings. The number of ether oxygens (including phenoxy) is 4. The third-order valence-corrected chi connectivity index (χ3v) is 7.62. The van der Waals surface area contributed by atoms with Crippen LogP contribution in [0.25, 0.3) is 0 Å². The van der Waals surface area contributed by atoms with Crippen LogP contribution in [-0.4, -0.2) is 82.0 Å². The van der Waals surface area contributed by atoms with Crippen molar-refractivity contribution in [3.8, 4) is 5.88 Å². The summed E-state index contributed by atoms with van der Waals surface area (Å²) in [5.74, 6) is 0.137. The summed E-state index contributed by atoms with van der Waals surface area (Å²) < 4.78 is 76.2. The lowest BCUT2D eigenvalue weighted by atomic mass is 9.84. The number of alkyl halides is 2. The second-order valence-electron chi connectivity index (χ2n) is 9.48. The van der Waals surface area contributed by atoms with Gasteiger partial charge in [0.25, 0.3) is 6.43 Å². The van der Waals surface area contributed by atoms with Crippen LogP contribution in [0.15, 0.2) is 12.1 Å². The predicted octanol–water partition coefficient (Wildman–Crippen LogP) is 2.95. The Balaban J connectivity index is 1.56. The number of methoxy groups -OCH3 is 1. The minimum Gasteiger partial charge on any atom is -0.478 e. The number of pyridine rings is 1. The molecule has 202 valence electrons. The van der Waals surface area contributed by atoms with Crippen molar-refractivity contribution in [2.75, 3.05) is 33.2 Å². The Kier molecular flexibility index (Phi) is 8.63. The molecular weight excluding hydrogens is 500 g/mol. The summed E-state index contributed by atoms with van der Waals surface area (Å²) in [4.78, 5) is 18.9. The molecule has 4 aliphatic rings. The molecule has 4 heterocycles. The molecular formula is C23H33F2N3O7S. The first-order valence-corrected chi connectivity index (χ1v) is 14.0. The zero-order valence-electron chi connectivity index (χ0n) is 20.4. The van der Waals surface area contributed by atoms with Crippen LogP contribution in [0.5, 0.6) is 5.88 Å². The SMILES string of the molecule is CO[C@@H]1C[C@H](NS(C)(=O)=O)[C@@H]2COC3CCC(CC3)c3cc(C(F)F)cc(n3)OCCCOC(=O)N12. The number of halogens is 2. The molecule has 1 aliphatic carbocycles. The molecule has 1 saturated heterocycles. The molecule has 0 radical (unpaired) electrons. The van der Waals surface area contributed by atoms with E-state index in [0.29, 0.717) is 37.8 Å². The second kappa shape index (κ2) is 11.5. The first-order chi connectivity index (χ1) is 17.1. The molecule has 0 spiro atoms. The number of nitrogens with zero attached hydrogens (tertiary/aromatic N) is 2. The number of carbonyl (C=O) groups excluding carboxylic acids is 1. The average Bonchev–Trinajstić information content (AvgIpc) is 3.17. The predicted molar refractivity (Wildman–Crippen MR) is 124 cm³/mol. The number of hydrogen-bond acceptors (Lipinski definition) is 8. The number of fused-ring (bicyclic) bond motifs is 8. The Morgan fingerprint density at radius 2 is 1.89 bits per heavy atom. The van der Waals surface area contributed by atoms with Crippen molar-refractivity contribution >= 4 is 16.1 Å². The third kappa shape index (κ3) is 6.61. The lowest BCUT2D eigenvalue weighted by Gasteiger charge is -2.33. The van der Waals surface area contributed by atoms with Gasteiger partial charge in [-0.05, 0) is 31.7 Å². The van der Waals surface area contributed by atoms with E-state index < -0.39 is 40.9 Å². The van der Waals surface area contributed by atoms with Gasteiger partial charge in [0.15, 0.2) is 0 Å². The fourth-order valence-electron chi connectivity index (χ4n) is 5.14. The summed E-state index contributed by atoms with van der Waals surface area (Å²) in [6, 6.07) is 1.47. The number of sulfonamides is 1. The van der Waals surface area contributed by atoms with E-state index in [1.807, 2.05) is 0 Å². The molecule has 10 nitrogen and oxygen atoms in total. The Bertz CT molecular complexity index is 1020. The van der Waals surface area contributed by atoms with Gasteiger partial charge >= 0.3 is 6.09 Å². The van der Waals surface area contributed by atoms with Crippen molar-refractivity contribution in [3.63, 3.8) is 0 Å². The van der Waals surface area contributed by atoms with Gasteiger partial charge in [-0.2, -0.15) is 0 Å². The van der Waals surface area contributed by atoms with Gasteiger partial charge in [0.05, 0.1) is 38.2 Å². The highest BCUT2D eigenvalue weighted by molar-refractivity contribution is 7.88. The lowest BCUT2D eigenvalue weighted by Crippen LogP contribution is -2.51. The fraction of sp³-hybridized carbons (Fsp3) is 0.739. The molecule has 3 atom stereocenters. The summed E-state index contributed by atoms with van der Waals surface area (Å²) in [6.07, 6.45) is 0.298. The van der Waals surface area contributed by atoms with Crippen molar-refractivity contribution in [1.29, 1.82) is 0 Å². The largest absolute Gasteiger partial charge is 0.478 e. The summed E-state index contributed by atoms with van der Waals surface area (Å²) in [7, 11) is -2.10. The van der Waals surface area contributed by atoms with E-state index in [0.717, 1.165) is 6.26 Å². The minimum atomic E-state index is -3.55. The van der Waals surface area contributed by atoms with Gasteiger partial charge < -0.3 is 18.9 Å². The monoisotopic (exact) mass is 533 g/mol. The van der Waals surface area contributed by atoms with Crippen LogP contribution in [-0.2, 0) is 24.2 Å². The van der Waals surface area contributed by atoms with Gasteiger partial charge in [-0.25, -0.2) is 31.7 Å². The average molecular weight is 534 g/mol. The van der Waals surface area contributed by atoms with Crippen LogP contribution in [0.1, 0.15) is 62.1 Å². The Labute approximate surface area is 209 Å². The zero-order valence-corrected chi connectivity index (χ0v) is 21.2.